The molecule has 0 unspecified atom stereocenters. The Morgan fingerprint density at radius 2 is 1.86 bits per heavy atom. The smallest absolute Gasteiger partial charge is 0.255 e. The number of sulfonamides is 1. The third-order valence-electron chi connectivity index (χ3n) is 5.95. The zero-order valence-corrected chi connectivity index (χ0v) is 20.7. The quantitative estimate of drug-likeness (QED) is 0.497. The van der Waals surface area contributed by atoms with E-state index in [1.54, 1.807) is 56.8 Å². The van der Waals surface area contributed by atoms with Crippen molar-refractivity contribution in [2.24, 2.45) is 0 Å². The number of nitrogens with zero attached hydrogens (tertiary/aromatic N) is 2. The number of aryl methyl sites for hydroxylation is 1. The number of methoxy groups -OCH3 is 1. The molecule has 1 fully saturated rings. The topological polar surface area (TPSA) is 97.8 Å². The number of aromatic nitrogens is 1. The van der Waals surface area contributed by atoms with E-state index in [2.05, 4.69) is 10.3 Å². The first-order valence-corrected chi connectivity index (χ1v) is 12.9. The maximum Gasteiger partial charge on any atom is 0.255 e. The van der Waals surface area contributed by atoms with E-state index >= 15 is 0 Å². The first kappa shape index (κ1) is 24.7. The summed E-state index contributed by atoms with van der Waals surface area (Å²) < 4.78 is 39.0. The summed E-state index contributed by atoms with van der Waals surface area (Å²) in [6, 6.07) is 13.5. The van der Waals surface area contributed by atoms with Crippen molar-refractivity contribution in [3.05, 3.63) is 77.6 Å². The molecule has 9 heteroatoms. The lowest BCUT2D eigenvalue weighted by Crippen LogP contribution is -2.35. The Balaban J connectivity index is 1.53. The first-order valence-electron chi connectivity index (χ1n) is 11.5. The van der Waals surface area contributed by atoms with Crippen molar-refractivity contribution in [2.75, 3.05) is 25.5 Å². The third-order valence-corrected chi connectivity index (χ3v) is 7.84. The Labute approximate surface area is 206 Å². The summed E-state index contributed by atoms with van der Waals surface area (Å²) in [5.74, 6) is 0.589. The number of anilines is 1. The predicted octanol–water partition coefficient (Wildman–Crippen LogP) is 4.40. The molecule has 0 aliphatic carbocycles. The van der Waals surface area contributed by atoms with Gasteiger partial charge in [0.25, 0.3) is 5.91 Å². The second kappa shape index (κ2) is 10.9. The lowest BCUT2D eigenvalue weighted by molar-refractivity contribution is 0.102. The minimum absolute atomic E-state index is 0.130. The summed E-state index contributed by atoms with van der Waals surface area (Å²) in [5, 5.41) is 2.85. The summed E-state index contributed by atoms with van der Waals surface area (Å²) in [6.07, 6.45) is 6.13. The zero-order chi connectivity index (χ0) is 24.8. The van der Waals surface area contributed by atoms with Crippen LogP contribution in [0.4, 0.5) is 5.69 Å². The fourth-order valence-electron chi connectivity index (χ4n) is 3.97. The molecule has 0 bridgehead atoms. The lowest BCUT2D eigenvalue weighted by Gasteiger charge is -2.26. The molecule has 1 amide bonds. The molecular formula is C26H29N3O5S. The molecule has 2 heterocycles. The molecule has 1 aliphatic heterocycles. The third kappa shape index (κ3) is 5.80. The van der Waals surface area contributed by atoms with Crippen molar-refractivity contribution < 1.29 is 22.7 Å². The van der Waals surface area contributed by atoms with Crippen molar-refractivity contribution in [2.45, 2.75) is 37.7 Å². The van der Waals surface area contributed by atoms with Crippen molar-refractivity contribution in [1.82, 2.24) is 9.29 Å². The zero-order valence-electron chi connectivity index (χ0n) is 19.9. The SMILES string of the molecule is COc1ccc(NC(=O)c2cc(S(=O)(=O)N3CCCCC3)ccc2C)cc1OCc1cccnc1. The number of benzene rings is 2. The number of hydrogen-bond acceptors (Lipinski definition) is 6. The maximum atomic E-state index is 13.1. The summed E-state index contributed by atoms with van der Waals surface area (Å²) in [7, 11) is -2.10. The van der Waals surface area contributed by atoms with E-state index in [4.69, 9.17) is 9.47 Å². The average Bonchev–Trinajstić information content (AvgIpc) is 2.88. The van der Waals surface area contributed by atoms with Gasteiger partial charge in [-0.25, -0.2) is 8.42 Å². The highest BCUT2D eigenvalue weighted by atomic mass is 32.2. The highest BCUT2D eigenvalue weighted by Crippen LogP contribution is 2.31. The van der Waals surface area contributed by atoms with Gasteiger partial charge in [-0.15, -0.1) is 0 Å². The minimum atomic E-state index is -3.65. The molecule has 0 radical (unpaired) electrons. The molecule has 2 aromatic carbocycles. The summed E-state index contributed by atoms with van der Waals surface area (Å²) >= 11 is 0. The molecule has 4 rings (SSSR count). The van der Waals surface area contributed by atoms with Crippen molar-refractivity contribution in [3.63, 3.8) is 0 Å². The number of carbonyl (C=O) groups is 1. The second-order valence-corrected chi connectivity index (χ2v) is 10.3. The Hall–Kier alpha value is -3.43. The van der Waals surface area contributed by atoms with Crippen LogP contribution < -0.4 is 14.8 Å². The number of piperidine rings is 1. The number of ether oxygens (including phenoxy) is 2. The van der Waals surface area contributed by atoms with E-state index < -0.39 is 15.9 Å². The van der Waals surface area contributed by atoms with Crippen LogP contribution in [0.5, 0.6) is 11.5 Å². The van der Waals surface area contributed by atoms with E-state index in [0.717, 1.165) is 24.8 Å². The number of hydrogen-bond donors (Lipinski definition) is 1. The van der Waals surface area contributed by atoms with Crippen LogP contribution in [0.15, 0.2) is 65.8 Å². The first-order chi connectivity index (χ1) is 16.9. The Morgan fingerprint density at radius 1 is 1.06 bits per heavy atom. The Morgan fingerprint density at radius 3 is 2.57 bits per heavy atom. The standard InChI is InChI=1S/C26H29N3O5S/c1-19-8-10-22(35(31,32)29-13-4-3-5-14-29)16-23(19)26(30)28-21-9-11-24(33-2)25(15-21)34-18-20-7-6-12-27-17-20/h6-12,15-17H,3-5,13-14,18H2,1-2H3,(H,28,30). The lowest BCUT2D eigenvalue weighted by atomic mass is 10.1. The molecule has 1 aliphatic rings. The van der Waals surface area contributed by atoms with E-state index in [1.807, 2.05) is 12.1 Å². The Kier molecular flexibility index (Phi) is 7.67. The second-order valence-electron chi connectivity index (χ2n) is 8.41. The summed E-state index contributed by atoms with van der Waals surface area (Å²) in [5.41, 5.74) is 2.38. The molecule has 35 heavy (non-hydrogen) atoms. The van der Waals surface area contributed by atoms with Crippen LogP contribution in [0, 0.1) is 6.92 Å². The number of nitrogens with one attached hydrogen (secondary N) is 1. The molecule has 184 valence electrons. The molecule has 0 atom stereocenters. The molecular weight excluding hydrogens is 466 g/mol. The van der Waals surface area contributed by atoms with Gasteiger partial charge in [-0.1, -0.05) is 18.6 Å². The minimum Gasteiger partial charge on any atom is -0.493 e. The fraction of sp³-hybridized carbons (Fsp3) is 0.308. The van der Waals surface area contributed by atoms with E-state index in [1.165, 1.54) is 10.4 Å². The Bertz CT molecular complexity index is 1290. The van der Waals surface area contributed by atoms with Crippen LogP contribution in [0.25, 0.3) is 0 Å². The van der Waals surface area contributed by atoms with Crippen molar-refractivity contribution in [3.8, 4) is 11.5 Å². The van der Waals surface area contributed by atoms with Gasteiger partial charge in [0.1, 0.15) is 6.61 Å². The van der Waals surface area contributed by atoms with Gasteiger partial charge >= 0.3 is 0 Å². The van der Waals surface area contributed by atoms with Gasteiger partial charge in [-0.3, -0.25) is 9.78 Å². The van der Waals surface area contributed by atoms with E-state index in [9.17, 15) is 13.2 Å². The number of rotatable bonds is 8. The fourth-order valence-corrected chi connectivity index (χ4v) is 5.51. The highest BCUT2D eigenvalue weighted by Gasteiger charge is 2.27. The van der Waals surface area contributed by atoms with Gasteiger partial charge in [0, 0.05) is 48.4 Å². The number of pyridine rings is 1. The summed E-state index contributed by atoms with van der Waals surface area (Å²) in [4.78, 5) is 17.3. The molecule has 3 aromatic rings. The van der Waals surface area contributed by atoms with Gasteiger partial charge in [-0.05, 0) is 55.7 Å². The molecule has 0 saturated carbocycles. The van der Waals surface area contributed by atoms with Crippen LogP contribution in [0.1, 0.15) is 40.7 Å². The van der Waals surface area contributed by atoms with Gasteiger partial charge in [0.2, 0.25) is 10.0 Å². The largest absolute Gasteiger partial charge is 0.493 e. The number of amides is 1. The molecule has 0 spiro atoms. The van der Waals surface area contributed by atoms with E-state index in [0.29, 0.717) is 41.4 Å². The summed E-state index contributed by atoms with van der Waals surface area (Å²) in [6.45, 7) is 3.08. The van der Waals surface area contributed by atoms with Crippen LogP contribution in [0.3, 0.4) is 0 Å². The average molecular weight is 496 g/mol. The number of carbonyl (C=O) groups excluding carboxylic acids is 1. The van der Waals surface area contributed by atoms with Gasteiger partial charge in [0.05, 0.1) is 12.0 Å². The monoisotopic (exact) mass is 495 g/mol. The normalized spacial score (nSPS) is 14.3. The molecule has 8 nitrogen and oxygen atoms in total. The predicted molar refractivity (Wildman–Crippen MR) is 133 cm³/mol. The maximum absolute atomic E-state index is 13.1. The molecule has 1 N–H and O–H groups in total. The van der Waals surface area contributed by atoms with E-state index in [-0.39, 0.29) is 11.5 Å². The van der Waals surface area contributed by atoms with Gasteiger partial charge in [-0.2, -0.15) is 4.31 Å². The van der Waals surface area contributed by atoms with Crippen LogP contribution >= 0.6 is 0 Å². The van der Waals surface area contributed by atoms with Crippen LogP contribution in [0.2, 0.25) is 0 Å². The van der Waals surface area contributed by atoms with Crippen molar-refractivity contribution in [1.29, 1.82) is 0 Å². The van der Waals surface area contributed by atoms with Crippen molar-refractivity contribution >= 4 is 21.6 Å². The molecule has 1 saturated heterocycles. The highest BCUT2D eigenvalue weighted by molar-refractivity contribution is 7.89. The van der Waals surface area contributed by atoms with Crippen LogP contribution in [-0.4, -0.2) is 43.8 Å². The van der Waals surface area contributed by atoms with Gasteiger partial charge < -0.3 is 14.8 Å². The van der Waals surface area contributed by atoms with Gasteiger partial charge in [0.15, 0.2) is 11.5 Å². The van der Waals surface area contributed by atoms with Crippen LogP contribution in [-0.2, 0) is 16.6 Å². The molecule has 1 aromatic heterocycles.